The Kier molecular flexibility index (Phi) is 7.72. The van der Waals surface area contributed by atoms with Crippen molar-refractivity contribution in [1.82, 2.24) is 10.2 Å². The van der Waals surface area contributed by atoms with E-state index in [0.29, 0.717) is 18.4 Å². The highest BCUT2D eigenvalue weighted by molar-refractivity contribution is 7.19. The Morgan fingerprint density at radius 3 is 2.75 bits per heavy atom. The molecule has 3 rings (SSSR count). The number of halogens is 1. The van der Waals surface area contributed by atoms with Gasteiger partial charge in [0.15, 0.2) is 0 Å². The van der Waals surface area contributed by atoms with Gasteiger partial charge in [-0.3, -0.25) is 9.69 Å². The van der Waals surface area contributed by atoms with Crippen LogP contribution in [0.2, 0.25) is 0 Å². The average Bonchev–Trinajstić information content (AvgIpc) is 3.12. The van der Waals surface area contributed by atoms with Crippen LogP contribution in [0.1, 0.15) is 55.9 Å². The minimum atomic E-state index is -0.0126. The molecule has 1 aromatic heterocycles. The zero-order valence-electron chi connectivity index (χ0n) is 17.5. The number of carbonyl (C=O) groups is 1. The van der Waals surface area contributed by atoms with Crippen molar-refractivity contribution in [1.29, 1.82) is 0 Å². The van der Waals surface area contributed by atoms with Gasteiger partial charge in [-0.15, -0.1) is 30.3 Å². The largest absolute Gasteiger partial charge is 0.359 e. The maximum Gasteiger partial charge on any atom is 0.224 e. The summed E-state index contributed by atoms with van der Waals surface area (Å²) >= 11 is 1.91. The molecule has 1 N–H and O–H groups in total. The van der Waals surface area contributed by atoms with E-state index in [1.165, 1.54) is 40.6 Å². The van der Waals surface area contributed by atoms with Crippen LogP contribution in [0.25, 0.3) is 10.1 Å². The lowest BCUT2D eigenvalue weighted by atomic mass is 9.80. The third-order valence-electron chi connectivity index (χ3n) is 6.30. The van der Waals surface area contributed by atoms with Crippen LogP contribution in [-0.4, -0.2) is 36.5 Å². The van der Waals surface area contributed by atoms with Crippen LogP contribution in [-0.2, 0) is 11.2 Å². The van der Waals surface area contributed by atoms with Crippen molar-refractivity contribution in [3.63, 3.8) is 0 Å². The Bertz CT molecular complexity index is 829. The van der Waals surface area contributed by atoms with Gasteiger partial charge in [-0.25, -0.2) is 0 Å². The third kappa shape index (κ3) is 4.61. The molecule has 0 radical (unpaired) electrons. The molecule has 154 valence electrons. The molecule has 1 amide bonds. The number of rotatable bonds is 6. The maximum absolute atomic E-state index is 11.9. The first-order chi connectivity index (χ1) is 12.9. The summed E-state index contributed by atoms with van der Waals surface area (Å²) in [4.78, 5) is 15.9. The molecule has 2 aromatic rings. The molecule has 28 heavy (non-hydrogen) atoms. The van der Waals surface area contributed by atoms with Crippen LogP contribution in [0.3, 0.4) is 0 Å². The SMILES string of the molecule is C=CC(C)(C)N(C)C1CCCCC1c1cc2c(CC(=O)NC)cccc2s1.Cl. The molecule has 0 spiro atoms. The van der Waals surface area contributed by atoms with Crippen LogP contribution in [0.5, 0.6) is 0 Å². The highest BCUT2D eigenvalue weighted by Gasteiger charge is 2.35. The first kappa shape index (κ1) is 22.9. The van der Waals surface area contributed by atoms with Crippen molar-refractivity contribution in [3.8, 4) is 0 Å². The summed E-state index contributed by atoms with van der Waals surface area (Å²) in [7, 11) is 3.94. The molecule has 1 aliphatic carbocycles. The smallest absolute Gasteiger partial charge is 0.224 e. The topological polar surface area (TPSA) is 32.3 Å². The quantitative estimate of drug-likeness (QED) is 0.622. The third-order valence-corrected chi connectivity index (χ3v) is 7.53. The Morgan fingerprint density at radius 1 is 1.36 bits per heavy atom. The van der Waals surface area contributed by atoms with Crippen LogP contribution in [0.4, 0.5) is 0 Å². The van der Waals surface area contributed by atoms with Crippen molar-refractivity contribution in [2.45, 2.75) is 63.5 Å². The lowest BCUT2D eigenvalue weighted by Gasteiger charge is -2.44. The minimum absolute atomic E-state index is 0. The highest BCUT2D eigenvalue weighted by Crippen LogP contribution is 2.43. The van der Waals surface area contributed by atoms with Crippen molar-refractivity contribution >= 4 is 39.7 Å². The molecule has 3 nitrogen and oxygen atoms in total. The number of nitrogens with zero attached hydrogens (tertiary/aromatic N) is 1. The molecule has 0 saturated heterocycles. The number of likely N-dealkylation sites (N-methyl/N-ethyl adjacent to an activating group) is 2. The lowest BCUT2D eigenvalue weighted by molar-refractivity contribution is -0.119. The van der Waals surface area contributed by atoms with Gasteiger partial charge in [0.25, 0.3) is 0 Å². The van der Waals surface area contributed by atoms with Gasteiger partial charge in [0, 0.05) is 34.1 Å². The van der Waals surface area contributed by atoms with Crippen molar-refractivity contribution < 1.29 is 4.79 Å². The molecule has 5 heteroatoms. The fraction of sp³-hybridized carbons (Fsp3) is 0.522. The summed E-state index contributed by atoms with van der Waals surface area (Å²) in [6.45, 7) is 8.55. The molecule has 0 bridgehead atoms. The highest BCUT2D eigenvalue weighted by atomic mass is 35.5. The second-order valence-corrected chi connectivity index (χ2v) is 9.37. The Balaban J connectivity index is 0.00000280. The molecule has 0 aliphatic heterocycles. The predicted octanol–water partition coefficient (Wildman–Crippen LogP) is 5.53. The van der Waals surface area contributed by atoms with Gasteiger partial charge < -0.3 is 5.32 Å². The van der Waals surface area contributed by atoms with E-state index >= 15 is 0 Å². The van der Waals surface area contributed by atoms with E-state index in [1.54, 1.807) is 7.05 Å². The van der Waals surface area contributed by atoms with Gasteiger partial charge in [-0.05, 0) is 56.8 Å². The zero-order valence-corrected chi connectivity index (χ0v) is 19.1. The predicted molar refractivity (Wildman–Crippen MR) is 124 cm³/mol. The molecule has 2 atom stereocenters. The van der Waals surface area contributed by atoms with E-state index in [-0.39, 0.29) is 23.9 Å². The van der Waals surface area contributed by atoms with Crippen LogP contribution >= 0.6 is 23.7 Å². The monoisotopic (exact) mass is 420 g/mol. The zero-order chi connectivity index (χ0) is 19.6. The van der Waals surface area contributed by atoms with Crippen LogP contribution in [0, 0.1) is 0 Å². The van der Waals surface area contributed by atoms with E-state index in [0.717, 1.165) is 5.56 Å². The van der Waals surface area contributed by atoms with Crippen molar-refractivity contribution in [2.75, 3.05) is 14.1 Å². The van der Waals surface area contributed by atoms with E-state index in [2.05, 4.69) is 68.0 Å². The molecule has 1 aliphatic rings. The summed E-state index contributed by atoms with van der Waals surface area (Å²) in [5.41, 5.74) is 1.11. The van der Waals surface area contributed by atoms with Crippen LogP contribution in [0.15, 0.2) is 36.9 Å². The number of hydrogen-bond acceptors (Lipinski definition) is 3. The molecule has 2 unspecified atom stereocenters. The van der Waals surface area contributed by atoms with Gasteiger partial charge in [0.1, 0.15) is 0 Å². The normalized spacial score (nSPS) is 20.0. The summed E-state index contributed by atoms with van der Waals surface area (Å²) in [5, 5.41) is 3.99. The number of benzene rings is 1. The first-order valence-corrected chi connectivity index (χ1v) is 10.8. The molecule has 1 saturated carbocycles. The van der Waals surface area contributed by atoms with Gasteiger partial charge >= 0.3 is 0 Å². The fourth-order valence-electron chi connectivity index (χ4n) is 4.22. The summed E-state index contributed by atoms with van der Waals surface area (Å²) in [6, 6.07) is 9.23. The first-order valence-electron chi connectivity index (χ1n) is 9.96. The van der Waals surface area contributed by atoms with E-state index in [9.17, 15) is 4.79 Å². The minimum Gasteiger partial charge on any atom is -0.359 e. The van der Waals surface area contributed by atoms with Gasteiger partial charge in [-0.2, -0.15) is 0 Å². The molecule has 1 fully saturated rings. The number of thiophene rings is 1. The Labute approximate surface area is 179 Å². The standard InChI is InChI=1S/C23H32N2OS.ClH/c1-6-23(2,3)25(5)19-12-8-7-11-17(19)21-15-18-16(14-22(26)24-4)10-9-13-20(18)27-21;/h6,9-10,13,15,17,19H,1,7-8,11-12,14H2,2-5H3,(H,24,26);1H. The van der Waals surface area contributed by atoms with Gasteiger partial charge in [0.05, 0.1) is 6.42 Å². The van der Waals surface area contributed by atoms with E-state index < -0.39 is 0 Å². The second-order valence-electron chi connectivity index (χ2n) is 8.25. The van der Waals surface area contributed by atoms with Gasteiger partial charge in [0.2, 0.25) is 5.91 Å². The number of amides is 1. The summed E-state index contributed by atoms with van der Waals surface area (Å²) in [5.74, 6) is 0.617. The molecular weight excluding hydrogens is 388 g/mol. The number of hydrogen-bond donors (Lipinski definition) is 1. The second kappa shape index (κ2) is 9.43. The number of carbonyl (C=O) groups excluding carboxylic acids is 1. The number of nitrogens with one attached hydrogen (secondary N) is 1. The van der Waals surface area contributed by atoms with Crippen LogP contribution < -0.4 is 5.32 Å². The molecular formula is C23H33ClN2OS. The summed E-state index contributed by atoms with van der Waals surface area (Å²) in [6.07, 6.45) is 7.57. The average molecular weight is 421 g/mol. The van der Waals surface area contributed by atoms with Crippen molar-refractivity contribution in [2.24, 2.45) is 0 Å². The Morgan fingerprint density at radius 2 is 2.07 bits per heavy atom. The van der Waals surface area contributed by atoms with E-state index in [1.807, 2.05) is 11.3 Å². The molecule has 1 aromatic carbocycles. The fourth-order valence-corrected chi connectivity index (χ4v) is 5.52. The van der Waals surface area contributed by atoms with E-state index in [4.69, 9.17) is 0 Å². The lowest BCUT2D eigenvalue weighted by Crippen LogP contribution is -2.49. The maximum atomic E-state index is 11.9. The van der Waals surface area contributed by atoms with Crippen molar-refractivity contribution in [3.05, 3.63) is 47.4 Å². The number of fused-ring (bicyclic) bond motifs is 1. The van der Waals surface area contributed by atoms with Gasteiger partial charge in [-0.1, -0.05) is 31.1 Å². The Hall–Kier alpha value is -1.36. The molecule has 1 heterocycles. The summed E-state index contributed by atoms with van der Waals surface area (Å²) < 4.78 is 1.29.